The molecule has 0 saturated carbocycles. The van der Waals surface area contributed by atoms with E-state index < -0.39 is 0 Å². The summed E-state index contributed by atoms with van der Waals surface area (Å²) in [4.78, 5) is 22.6. The molecule has 2 heterocycles. The van der Waals surface area contributed by atoms with Crippen LogP contribution in [0.2, 0.25) is 0 Å². The molecule has 6 heteroatoms. The minimum absolute atomic E-state index is 0.0221. The molecule has 0 aliphatic carbocycles. The molecule has 0 amide bonds. The Kier molecular flexibility index (Phi) is 4.49. The van der Waals surface area contributed by atoms with Crippen LogP contribution in [0.15, 0.2) is 24.5 Å². The van der Waals surface area contributed by atoms with Crippen molar-refractivity contribution in [3.63, 3.8) is 0 Å². The molecule has 2 rings (SSSR count). The molecule has 0 spiro atoms. The maximum Gasteiger partial charge on any atom is 0.333 e. The Morgan fingerprint density at radius 1 is 1.28 bits per heavy atom. The van der Waals surface area contributed by atoms with Crippen LogP contribution in [0.5, 0.6) is 0 Å². The molecule has 0 N–H and O–H groups in total. The van der Waals surface area contributed by atoms with Crippen LogP contribution in [0.25, 0.3) is 0 Å². The summed E-state index contributed by atoms with van der Waals surface area (Å²) in [5.74, 6) is -0.355. The lowest BCUT2D eigenvalue weighted by Gasteiger charge is -2.34. The molecule has 0 bridgehead atoms. The summed E-state index contributed by atoms with van der Waals surface area (Å²) in [6.07, 6.45) is 3.57. The Balaban J connectivity index is 1.76. The molecule has 1 saturated heterocycles. The summed E-state index contributed by atoms with van der Waals surface area (Å²) in [7, 11) is 1.35. The Labute approximate surface area is 106 Å². The first-order chi connectivity index (χ1) is 8.79. The van der Waals surface area contributed by atoms with Crippen molar-refractivity contribution in [2.75, 3.05) is 44.8 Å². The van der Waals surface area contributed by atoms with E-state index in [0.29, 0.717) is 0 Å². The molecule has 1 aromatic heterocycles. The van der Waals surface area contributed by atoms with Crippen LogP contribution in [0.1, 0.15) is 0 Å². The second kappa shape index (κ2) is 6.32. The smallest absolute Gasteiger partial charge is 0.333 e. The van der Waals surface area contributed by atoms with Crippen molar-refractivity contribution in [3.05, 3.63) is 24.5 Å². The maximum atomic E-state index is 10.9. The first-order valence-corrected chi connectivity index (χ1v) is 5.89. The van der Waals surface area contributed by atoms with Crippen molar-refractivity contribution in [1.82, 2.24) is 10.0 Å². The van der Waals surface area contributed by atoms with E-state index in [1.807, 2.05) is 12.1 Å². The molecule has 0 atom stereocenters. The van der Waals surface area contributed by atoms with Crippen LogP contribution in [0.4, 0.5) is 5.69 Å². The van der Waals surface area contributed by atoms with Gasteiger partial charge in [0.15, 0.2) is 6.61 Å². The van der Waals surface area contributed by atoms with Crippen LogP contribution >= 0.6 is 0 Å². The Morgan fingerprint density at radius 3 is 2.56 bits per heavy atom. The number of hydrogen-bond acceptors (Lipinski definition) is 6. The number of carbonyl (C=O) groups is 1. The number of hydroxylamine groups is 2. The fourth-order valence-electron chi connectivity index (χ4n) is 1.83. The van der Waals surface area contributed by atoms with Gasteiger partial charge >= 0.3 is 5.97 Å². The van der Waals surface area contributed by atoms with Gasteiger partial charge in [0.2, 0.25) is 0 Å². The molecule has 1 aliphatic rings. The zero-order valence-electron chi connectivity index (χ0n) is 10.4. The van der Waals surface area contributed by atoms with Crippen molar-refractivity contribution >= 4 is 11.7 Å². The van der Waals surface area contributed by atoms with Gasteiger partial charge in [0.25, 0.3) is 0 Å². The number of anilines is 1. The highest BCUT2D eigenvalue weighted by atomic mass is 16.7. The lowest BCUT2D eigenvalue weighted by molar-refractivity contribution is -0.184. The normalized spacial score (nSPS) is 16.6. The monoisotopic (exact) mass is 251 g/mol. The largest absolute Gasteiger partial charge is 0.467 e. The number of esters is 1. The molecule has 0 unspecified atom stereocenters. The summed E-state index contributed by atoms with van der Waals surface area (Å²) < 4.78 is 4.52. The van der Waals surface area contributed by atoms with E-state index >= 15 is 0 Å². The van der Waals surface area contributed by atoms with Crippen LogP contribution in [-0.4, -0.2) is 55.9 Å². The molecule has 0 aromatic carbocycles. The molecule has 6 nitrogen and oxygen atoms in total. The molecule has 1 aromatic rings. The third-order valence-corrected chi connectivity index (χ3v) is 2.86. The van der Waals surface area contributed by atoms with Gasteiger partial charge in [0, 0.05) is 44.3 Å². The van der Waals surface area contributed by atoms with Gasteiger partial charge in [0.05, 0.1) is 7.11 Å². The third kappa shape index (κ3) is 3.41. The summed E-state index contributed by atoms with van der Waals surface area (Å²) >= 11 is 0. The minimum atomic E-state index is -0.355. The van der Waals surface area contributed by atoms with Gasteiger partial charge in [-0.25, -0.2) is 4.79 Å². The Bertz CT molecular complexity index is 377. The quantitative estimate of drug-likeness (QED) is 0.718. The van der Waals surface area contributed by atoms with Crippen molar-refractivity contribution in [1.29, 1.82) is 0 Å². The molecule has 1 fully saturated rings. The average molecular weight is 251 g/mol. The van der Waals surface area contributed by atoms with E-state index in [1.165, 1.54) is 7.11 Å². The van der Waals surface area contributed by atoms with Crippen molar-refractivity contribution < 1.29 is 14.4 Å². The highest BCUT2D eigenvalue weighted by Gasteiger charge is 2.18. The van der Waals surface area contributed by atoms with Gasteiger partial charge in [0.1, 0.15) is 0 Å². The van der Waals surface area contributed by atoms with E-state index in [0.717, 1.165) is 31.9 Å². The van der Waals surface area contributed by atoms with Crippen LogP contribution in [-0.2, 0) is 14.4 Å². The van der Waals surface area contributed by atoms with Crippen LogP contribution in [0.3, 0.4) is 0 Å². The molecule has 18 heavy (non-hydrogen) atoms. The first-order valence-electron chi connectivity index (χ1n) is 5.89. The average Bonchev–Trinajstić information content (AvgIpc) is 2.46. The topological polar surface area (TPSA) is 54.9 Å². The number of rotatable bonds is 4. The maximum absolute atomic E-state index is 10.9. The van der Waals surface area contributed by atoms with Crippen molar-refractivity contribution in [2.45, 2.75) is 0 Å². The van der Waals surface area contributed by atoms with Gasteiger partial charge in [-0.15, -0.1) is 0 Å². The molecule has 98 valence electrons. The highest BCUT2D eigenvalue weighted by molar-refractivity contribution is 5.70. The van der Waals surface area contributed by atoms with Gasteiger partial charge in [-0.1, -0.05) is 0 Å². The van der Waals surface area contributed by atoms with Gasteiger partial charge in [-0.2, -0.15) is 5.06 Å². The zero-order chi connectivity index (χ0) is 12.8. The summed E-state index contributed by atoms with van der Waals surface area (Å²) in [5.41, 5.74) is 1.16. The number of nitrogens with zero attached hydrogens (tertiary/aromatic N) is 3. The van der Waals surface area contributed by atoms with E-state index in [9.17, 15) is 4.79 Å². The van der Waals surface area contributed by atoms with Gasteiger partial charge in [-0.05, 0) is 12.1 Å². The second-order valence-electron chi connectivity index (χ2n) is 3.97. The van der Waals surface area contributed by atoms with E-state index in [2.05, 4.69) is 14.6 Å². The van der Waals surface area contributed by atoms with Crippen molar-refractivity contribution in [2.24, 2.45) is 0 Å². The first kappa shape index (κ1) is 12.8. The van der Waals surface area contributed by atoms with Crippen LogP contribution in [0, 0.1) is 0 Å². The number of ether oxygens (including phenoxy) is 1. The number of carbonyl (C=O) groups excluding carboxylic acids is 1. The predicted octanol–water partition coefficient (Wildman–Crippen LogP) is 0.308. The summed E-state index contributed by atoms with van der Waals surface area (Å²) in [6, 6.07) is 3.98. The second-order valence-corrected chi connectivity index (χ2v) is 3.97. The predicted molar refractivity (Wildman–Crippen MR) is 66.0 cm³/mol. The number of aromatic nitrogens is 1. The van der Waals surface area contributed by atoms with Gasteiger partial charge in [-0.3, -0.25) is 9.82 Å². The standard InChI is InChI=1S/C12H17N3O3/c1-17-12(16)10-18-15-8-6-14(7-9-15)11-2-4-13-5-3-11/h2-5H,6-10H2,1H3. The summed E-state index contributed by atoms with van der Waals surface area (Å²) in [6.45, 7) is 3.24. The number of piperazine rings is 1. The third-order valence-electron chi connectivity index (χ3n) is 2.86. The van der Waals surface area contributed by atoms with E-state index in [4.69, 9.17) is 4.84 Å². The number of pyridine rings is 1. The van der Waals surface area contributed by atoms with Gasteiger partial charge < -0.3 is 9.64 Å². The number of methoxy groups -OCH3 is 1. The zero-order valence-corrected chi connectivity index (χ0v) is 10.4. The Hall–Kier alpha value is -1.66. The SMILES string of the molecule is COC(=O)CON1CCN(c2ccncc2)CC1. The van der Waals surface area contributed by atoms with Crippen molar-refractivity contribution in [3.8, 4) is 0 Å². The van der Waals surface area contributed by atoms with Crippen LogP contribution < -0.4 is 4.90 Å². The van der Waals surface area contributed by atoms with E-state index in [1.54, 1.807) is 17.5 Å². The minimum Gasteiger partial charge on any atom is -0.467 e. The highest BCUT2D eigenvalue weighted by Crippen LogP contribution is 2.14. The lowest BCUT2D eigenvalue weighted by atomic mass is 10.3. The Morgan fingerprint density at radius 2 is 1.94 bits per heavy atom. The number of hydrogen-bond donors (Lipinski definition) is 0. The van der Waals surface area contributed by atoms with E-state index in [-0.39, 0.29) is 12.6 Å². The molecular formula is C12H17N3O3. The molecular weight excluding hydrogens is 234 g/mol. The molecule has 1 aliphatic heterocycles. The lowest BCUT2D eigenvalue weighted by Crippen LogP contribution is -2.46. The fourth-order valence-corrected chi connectivity index (χ4v) is 1.83. The summed E-state index contributed by atoms with van der Waals surface area (Å²) in [5, 5.41) is 1.80. The fraction of sp³-hybridized carbons (Fsp3) is 0.500. The molecule has 0 radical (unpaired) electrons.